The minimum absolute atomic E-state index is 0.0710. The molecule has 2 heterocycles. The molecule has 10 heteroatoms. The summed E-state index contributed by atoms with van der Waals surface area (Å²) < 4.78 is 56.1. The number of nitrogens with zero attached hydrogens (tertiary/aromatic N) is 1. The molecular weight excluding hydrogens is 519 g/mol. The van der Waals surface area contributed by atoms with E-state index in [1.807, 2.05) is 6.07 Å². The molecule has 0 fully saturated rings. The Morgan fingerprint density at radius 2 is 1.81 bits per heavy atom. The van der Waals surface area contributed by atoms with Crippen LogP contribution in [0.25, 0.3) is 10.9 Å². The third kappa shape index (κ3) is 8.09. The summed E-state index contributed by atoms with van der Waals surface area (Å²) in [6, 6.07) is 6.91. The molecule has 0 saturated heterocycles. The number of ether oxygens (including phenoxy) is 1. The normalized spacial score (nSPS) is 12.8. The fraction of sp³-hybridized carbons (Fsp3) is 0.481. The van der Waals surface area contributed by atoms with Crippen molar-refractivity contribution in [3.8, 4) is 5.75 Å². The van der Waals surface area contributed by atoms with Crippen molar-refractivity contribution in [2.75, 3.05) is 12.4 Å². The Hall–Kier alpha value is -2.30. The van der Waals surface area contributed by atoms with Crippen LogP contribution in [0.2, 0.25) is 18.1 Å². The molecule has 0 unspecified atom stereocenters. The van der Waals surface area contributed by atoms with E-state index in [0.29, 0.717) is 23.3 Å². The van der Waals surface area contributed by atoms with E-state index < -0.39 is 20.1 Å². The standard InChI is InChI=1S/C27H34F3NO4SSi/c1-26(2,3)37(4,5)35-17-20-16-23(32)24(18-34-20)33-13-7-6-8-14-36-25-11-12-31-22-15-19(27(28,29)30)9-10-21(22)25/h9-12,15-16,18H,6-8,13-14,17H2,1-5H3. The molecule has 0 atom stereocenters. The van der Waals surface area contributed by atoms with Gasteiger partial charge in [-0.3, -0.25) is 9.78 Å². The van der Waals surface area contributed by atoms with E-state index >= 15 is 0 Å². The van der Waals surface area contributed by atoms with Gasteiger partial charge >= 0.3 is 6.18 Å². The maximum atomic E-state index is 13.0. The van der Waals surface area contributed by atoms with E-state index in [0.717, 1.165) is 42.0 Å². The van der Waals surface area contributed by atoms with Crippen LogP contribution in [0.4, 0.5) is 13.2 Å². The molecule has 0 amide bonds. The quantitative estimate of drug-likeness (QED) is 0.136. The van der Waals surface area contributed by atoms with Crippen molar-refractivity contribution in [1.82, 2.24) is 4.98 Å². The van der Waals surface area contributed by atoms with Gasteiger partial charge in [-0.25, -0.2) is 0 Å². The molecule has 202 valence electrons. The van der Waals surface area contributed by atoms with E-state index in [9.17, 15) is 18.0 Å². The monoisotopic (exact) mass is 553 g/mol. The van der Waals surface area contributed by atoms with Crippen molar-refractivity contribution in [3.63, 3.8) is 0 Å². The fourth-order valence-electron chi connectivity index (χ4n) is 3.26. The van der Waals surface area contributed by atoms with Crippen LogP contribution in [0.1, 0.15) is 51.4 Å². The number of thioether (sulfide) groups is 1. The number of benzene rings is 1. The minimum Gasteiger partial charge on any atom is -0.487 e. The summed E-state index contributed by atoms with van der Waals surface area (Å²) >= 11 is 1.59. The number of hydrogen-bond acceptors (Lipinski definition) is 6. The van der Waals surface area contributed by atoms with Crippen LogP contribution in [-0.2, 0) is 17.2 Å². The third-order valence-electron chi connectivity index (χ3n) is 6.57. The van der Waals surface area contributed by atoms with Crippen LogP contribution in [0.5, 0.6) is 5.75 Å². The first-order chi connectivity index (χ1) is 17.3. The van der Waals surface area contributed by atoms with Gasteiger partial charge in [0.05, 0.1) is 24.3 Å². The van der Waals surface area contributed by atoms with E-state index in [2.05, 4.69) is 38.8 Å². The molecule has 0 aliphatic rings. The van der Waals surface area contributed by atoms with Crippen molar-refractivity contribution < 1.29 is 26.8 Å². The van der Waals surface area contributed by atoms with Gasteiger partial charge in [0.2, 0.25) is 11.2 Å². The number of alkyl halides is 3. The Morgan fingerprint density at radius 3 is 2.49 bits per heavy atom. The van der Waals surface area contributed by atoms with Gasteiger partial charge < -0.3 is 13.6 Å². The van der Waals surface area contributed by atoms with Crippen LogP contribution < -0.4 is 10.2 Å². The van der Waals surface area contributed by atoms with Gasteiger partial charge in [0.1, 0.15) is 12.0 Å². The fourth-order valence-corrected chi connectivity index (χ4v) is 5.25. The van der Waals surface area contributed by atoms with Gasteiger partial charge in [-0.1, -0.05) is 26.8 Å². The van der Waals surface area contributed by atoms with E-state index in [-0.39, 0.29) is 22.8 Å². The molecule has 1 aromatic carbocycles. The van der Waals surface area contributed by atoms with Crippen LogP contribution in [0.3, 0.4) is 0 Å². The largest absolute Gasteiger partial charge is 0.487 e. The lowest BCUT2D eigenvalue weighted by Crippen LogP contribution is -2.40. The smallest absolute Gasteiger partial charge is 0.416 e. The van der Waals surface area contributed by atoms with Gasteiger partial charge in [0, 0.05) is 22.5 Å². The second-order valence-electron chi connectivity index (χ2n) is 10.4. The van der Waals surface area contributed by atoms with Crippen LogP contribution in [0, 0.1) is 0 Å². The van der Waals surface area contributed by atoms with Crippen molar-refractivity contribution in [3.05, 3.63) is 64.3 Å². The predicted molar refractivity (Wildman–Crippen MR) is 144 cm³/mol. The maximum absolute atomic E-state index is 13.0. The molecule has 3 aromatic rings. The molecule has 2 aromatic heterocycles. The summed E-state index contributed by atoms with van der Waals surface area (Å²) in [5, 5.41) is 0.787. The van der Waals surface area contributed by atoms with E-state index in [1.54, 1.807) is 11.8 Å². The molecule has 0 aliphatic heterocycles. The molecule has 0 bridgehead atoms. The lowest BCUT2D eigenvalue weighted by molar-refractivity contribution is -0.137. The first-order valence-electron chi connectivity index (χ1n) is 12.3. The first-order valence-corrected chi connectivity index (χ1v) is 16.1. The zero-order valence-corrected chi connectivity index (χ0v) is 23.7. The Balaban J connectivity index is 1.41. The summed E-state index contributed by atoms with van der Waals surface area (Å²) in [5.41, 5.74) is -0.587. The Morgan fingerprint density at radius 1 is 1.05 bits per heavy atom. The highest BCUT2D eigenvalue weighted by Gasteiger charge is 2.37. The molecule has 0 saturated carbocycles. The van der Waals surface area contributed by atoms with Crippen molar-refractivity contribution in [2.24, 2.45) is 0 Å². The third-order valence-corrected chi connectivity index (χ3v) is 12.2. The minimum atomic E-state index is -4.39. The summed E-state index contributed by atoms with van der Waals surface area (Å²) in [6.45, 7) is 11.4. The highest BCUT2D eigenvalue weighted by molar-refractivity contribution is 7.99. The molecule has 37 heavy (non-hydrogen) atoms. The molecule has 0 N–H and O–H groups in total. The van der Waals surface area contributed by atoms with Crippen molar-refractivity contribution in [2.45, 2.75) is 75.8 Å². The SMILES string of the molecule is CC(C)(C)[Si](C)(C)OCc1cc(=O)c(OCCCCCSc2ccnc3cc(C(F)(F)F)ccc23)co1. The van der Waals surface area contributed by atoms with Crippen molar-refractivity contribution >= 4 is 31.0 Å². The summed E-state index contributed by atoms with van der Waals surface area (Å²) in [5.74, 6) is 1.48. The van der Waals surface area contributed by atoms with Gasteiger partial charge in [0.25, 0.3) is 0 Å². The van der Waals surface area contributed by atoms with Gasteiger partial charge in [0.15, 0.2) is 8.32 Å². The highest BCUT2D eigenvalue weighted by atomic mass is 32.2. The molecule has 0 radical (unpaired) electrons. The van der Waals surface area contributed by atoms with Crippen LogP contribution in [0.15, 0.2) is 56.9 Å². The predicted octanol–water partition coefficient (Wildman–Crippen LogP) is 8.07. The zero-order chi connectivity index (χ0) is 27.3. The van der Waals surface area contributed by atoms with Crippen molar-refractivity contribution in [1.29, 1.82) is 0 Å². The lowest BCUT2D eigenvalue weighted by Gasteiger charge is -2.35. The van der Waals surface area contributed by atoms with Crippen LogP contribution >= 0.6 is 11.8 Å². The number of fused-ring (bicyclic) bond motifs is 1. The number of halogens is 3. The highest BCUT2D eigenvalue weighted by Crippen LogP contribution is 2.37. The van der Waals surface area contributed by atoms with Gasteiger partial charge in [-0.15, -0.1) is 11.8 Å². The summed E-state index contributed by atoms with van der Waals surface area (Å²) in [7, 11) is -1.94. The second-order valence-corrected chi connectivity index (χ2v) is 16.4. The molecule has 0 aliphatic carbocycles. The lowest BCUT2D eigenvalue weighted by atomic mass is 10.1. The van der Waals surface area contributed by atoms with E-state index in [1.165, 1.54) is 24.6 Å². The number of hydrogen-bond donors (Lipinski definition) is 0. The molecule has 3 rings (SSSR count). The Kier molecular flexibility index (Phi) is 9.52. The van der Waals surface area contributed by atoms with Crippen LogP contribution in [-0.4, -0.2) is 25.7 Å². The number of aromatic nitrogens is 1. The second kappa shape index (κ2) is 12.0. The molecular formula is C27H34F3NO4SSi. The summed E-state index contributed by atoms with van der Waals surface area (Å²) in [6.07, 6.45) is 1.05. The maximum Gasteiger partial charge on any atom is 0.416 e. The number of pyridine rings is 1. The van der Waals surface area contributed by atoms with Gasteiger partial charge in [-0.2, -0.15) is 13.2 Å². The number of rotatable bonds is 11. The zero-order valence-electron chi connectivity index (χ0n) is 21.9. The first kappa shape index (κ1) is 29.3. The van der Waals surface area contributed by atoms with E-state index in [4.69, 9.17) is 13.6 Å². The Labute approximate surface area is 220 Å². The molecule has 5 nitrogen and oxygen atoms in total. The topological polar surface area (TPSA) is 61.6 Å². The number of unbranched alkanes of at least 4 members (excludes halogenated alkanes) is 2. The Bertz CT molecular complexity index is 1250. The molecule has 0 spiro atoms. The van der Waals surface area contributed by atoms with Gasteiger partial charge in [-0.05, 0) is 61.3 Å². The summed E-state index contributed by atoms with van der Waals surface area (Å²) in [4.78, 5) is 17.4. The average molecular weight is 554 g/mol. The average Bonchev–Trinajstić information content (AvgIpc) is 2.81.